The predicted molar refractivity (Wildman–Crippen MR) is 112 cm³/mol. The van der Waals surface area contributed by atoms with Gasteiger partial charge in [0, 0.05) is 18.5 Å². The number of carbonyl (C=O) groups excluding carboxylic acids is 3. The van der Waals surface area contributed by atoms with Crippen LogP contribution in [0.5, 0.6) is 11.5 Å². The number of carbonyl (C=O) groups is 3. The molecule has 2 aliphatic rings. The van der Waals surface area contributed by atoms with Gasteiger partial charge < -0.3 is 14.2 Å². The fourth-order valence-corrected chi connectivity index (χ4v) is 3.88. The number of ether oxygens (including phenoxy) is 3. The summed E-state index contributed by atoms with van der Waals surface area (Å²) in [6.07, 6.45) is 1.88. The van der Waals surface area contributed by atoms with E-state index < -0.39 is 5.97 Å². The van der Waals surface area contributed by atoms with Gasteiger partial charge in [0.05, 0.1) is 17.7 Å². The molecular weight excluding hydrogens is 398 g/mol. The molecule has 2 heterocycles. The molecule has 0 aromatic heterocycles. The summed E-state index contributed by atoms with van der Waals surface area (Å²) >= 11 is 0. The number of esters is 1. The van der Waals surface area contributed by atoms with Crippen LogP contribution in [0.1, 0.15) is 53.0 Å². The first-order valence-electron chi connectivity index (χ1n) is 10.4. The van der Waals surface area contributed by atoms with Crippen LogP contribution in [-0.2, 0) is 16.0 Å². The quantitative estimate of drug-likeness (QED) is 0.368. The lowest BCUT2D eigenvalue weighted by Gasteiger charge is -2.18. The van der Waals surface area contributed by atoms with Gasteiger partial charge in [-0.3, -0.25) is 14.5 Å². The Bertz CT molecular complexity index is 993. The highest BCUT2D eigenvalue weighted by atomic mass is 16.6. The standard InChI is InChI=1S/C24H25NO6/c1-24(2)14-16-8-7-11-19(21(16)31-24)30-15-20(26)29-13-6-5-12-25-22(27)17-9-3-4-10-18(17)23(25)28/h3-4,7-11H,5-6,12-15H2,1-2H3. The van der Waals surface area contributed by atoms with E-state index in [1.807, 2.05) is 26.0 Å². The molecule has 2 aliphatic heterocycles. The minimum atomic E-state index is -0.476. The van der Waals surface area contributed by atoms with Gasteiger partial charge in [-0.15, -0.1) is 0 Å². The van der Waals surface area contributed by atoms with E-state index in [1.54, 1.807) is 30.3 Å². The van der Waals surface area contributed by atoms with Crippen LogP contribution < -0.4 is 9.47 Å². The Balaban J connectivity index is 1.18. The van der Waals surface area contributed by atoms with E-state index in [0.29, 0.717) is 42.0 Å². The lowest BCUT2D eigenvalue weighted by atomic mass is 10.0. The number of para-hydroxylation sites is 1. The highest BCUT2D eigenvalue weighted by molar-refractivity contribution is 6.21. The second kappa shape index (κ2) is 8.41. The van der Waals surface area contributed by atoms with Gasteiger partial charge in [-0.2, -0.15) is 0 Å². The summed E-state index contributed by atoms with van der Waals surface area (Å²) in [6.45, 7) is 4.30. The Kier molecular flexibility index (Phi) is 5.67. The zero-order chi connectivity index (χ0) is 22.0. The molecule has 0 unspecified atom stereocenters. The molecule has 7 nitrogen and oxygen atoms in total. The van der Waals surface area contributed by atoms with Crippen molar-refractivity contribution in [2.24, 2.45) is 0 Å². The third-order valence-electron chi connectivity index (χ3n) is 5.32. The van der Waals surface area contributed by atoms with Gasteiger partial charge in [0.15, 0.2) is 18.1 Å². The zero-order valence-corrected chi connectivity index (χ0v) is 17.7. The number of hydrogen-bond acceptors (Lipinski definition) is 6. The van der Waals surface area contributed by atoms with E-state index in [4.69, 9.17) is 14.2 Å². The van der Waals surface area contributed by atoms with Crippen LogP contribution in [0, 0.1) is 0 Å². The highest BCUT2D eigenvalue weighted by Crippen LogP contribution is 2.41. The van der Waals surface area contributed by atoms with Crippen LogP contribution in [0.3, 0.4) is 0 Å². The van der Waals surface area contributed by atoms with Crippen molar-refractivity contribution in [3.63, 3.8) is 0 Å². The minimum absolute atomic E-state index is 0.196. The third-order valence-corrected chi connectivity index (χ3v) is 5.32. The van der Waals surface area contributed by atoms with Crippen molar-refractivity contribution in [3.8, 4) is 11.5 Å². The number of nitrogens with zero attached hydrogens (tertiary/aromatic N) is 1. The van der Waals surface area contributed by atoms with Crippen molar-refractivity contribution in [1.82, 2.24) is 4.90 Å². The summed E-state index contributed by atoms with van der Waals surface area (Å²) in [6, 6.07) is 12.4. The smallest absolute Gasteiger partial charge is 0.344 e. The van der Waals surface area contributed by atoms with E-state index in [0.717, 1.165) is 12.0 Å². The molecule has 0 saturated heterocycles. The number of hydrogen-bond donors (Lipinski definition) is 0. The maximum atomic E-state index is 12.3. The van der Waals surface area contributed by atoms with Gasteiger partial charge in [0.1, 0.15) is 5.60 Å². The molecular formula is C24H25NO6. The molecule has 0 saturated carbocycles. The summed E-state index contributed by atoms with van der Waals surface area (Å²) in [5.41, 5.74) is 1.65. The Morgan fingerprint density at radius 3 is 2.45 bits per heavy atom. The number of unbranched alkanes of at least 4 members (excludes halogenated alkanes) is 1. The number of benzene rings is 2. The van der Waals surface area contributed by atoms with E-state index >= 15 is 0 Å². The van der Waals surface area contributed by atoms with Crippen LogP contribution in [0.4, 0.5) is 0 Å². The minimum Gasteiger partial charge on any atom is -0.483 e. The second-order valence-electron chi connectivity index (χ2n) is 8.31. The van der Waals surface area contributed by atoms with Gasteiger partial charge in [-0.05, 0) is 44.9 Å². The molecule has 2 aromatic rings. The molecule has 7 heteroatoms. The zero-order valence-electron chi connectivity index (χ0n) is 17.7. The topological polar surface area (TPSA) is 82.1 Å². The summed E-state index contributed by atoms with van der Waals surface area (Å²) in [4.78, 5) is 37.9. The van der Waals surface area contributed by atoms with E-state index in [9.17, 15) is 14.4 Å². The first kappa shape index (κ1) is 20.9. The largest absolute Gasteiger partial charge is 0.483 e. The Hall–Kier alpha value is -3.35. The van der Waals surface area contributed by atoms with Crippen LogP contribution >= 0.6 is 0 Å². The highest BCUT2D eigenvalue weighted by Gasteiger charge is 2.34. The number of imide groups is 1. The number of rotatable bonds is 8. The van der Waals surface area contributed by atoms with Crippen LogP contribution in [-0.4, -0.2) is 48.0 Å². The van der Waals surface area contributed by atoms with Crippen molar-refractivity contribution in [2.45, 2.75) is 38.7 Å². The second-order valence-corrected chi connectivity index (χ2v) is 8.31. The van der Waals surface area contributed by atoms with Gasteiger partial charge in [-0.1, -0.05) is 24.3 Å². The van der Waals surface area contributed by atoms with E-state index in [1.165, 1.54) is 4.90 Å². The third kappa shape index (κ3) is 4.40. The van der Waals surface area contributed by atoms with Crippen LogP contribution in [0.25, 0.3) is 0 Å². The molecule has 162 valence electrons. The maximum Gasteiger partial charge on any atom is 0.344 e. The average Bonchev–Trinajstić information content (AvgIpc) is 3.19. The maximum absolute atomic E-state index is 12.3. The molecule has 4 rings (SSSR count). The lowest BCUT2D eigenvalue weighted by Crippen LogP contribution is -2.30. The number of amides is 2. The van der Waals surface area contributed by atoms with Gasteiger partial charge in [0.2, 0.25) is 0 Å². The summed E-state index contributed by atoms with van der Waals surface area (Å²) < 4.78 is 16.7. The summed E-state index contributed by atoms with van der Waals surface area (Å²) in [5.74, 6) is 0.195. The molecule has 0 spiro atoms. The monoisotopic (exact) mass is 423 g/mol. The average molecular weight is 423 g/mol. The van der Waals surface area contributed by atoms with Crippen molar-refractivity contribution in [1.29, 1.82) is 0 Å². The van der Waals surface area contributed by atoms with Gasteiger partial charge in [0.25, 0.3) is 11.8 Å². The molecule has 0 fully saturated rings. The SMILES string of the molecule is CC1(C)Cc2cccc(OCC(=O)OCCCCN3C(=O)c4ccccc4C3=O)c2O1. The normalized spacial score (nSPS) is 16.0. The van der Waals surface area contributed by atoms with Gasteiger partial charge >= 0.3 is 5.97 Å². The van der Waals surface area contributed by atoms with Gasteiger partial charge in [-0.25, -0.2) is 4.79 Å². The molecule has 31 heavy (non-hydrogen) atoms. The number of fused-ring (bicyclic) bond motifs is 2. The fourth-order valence-electron chi connectivity index (χ4n) is 3.88. The van der Waals surface area contributed by atoms with Crippen LogP contribution in [0.2, 0.25) is 0 Å². The first-order chi connectivity index (χ1) is 14.9. The lowest BCUT2D eigenvalue weighted by molar-refractivity contribution is -0.146. The summed E-state index contributed by atoms with van der Waals surface area (Å²) in [5, 5.41) is 0. The van der Waals surface area contributed by atoms with Crippen molar-refractivity contribution < 1.29 is 28.6 Å². The fraction of sp³-hybridized carbons (Fsp3) is 0.375. The summed E-state index contributed by atoms with van der Waals surface area (Å²) in [7, 11) is 0. The molecule has 2 amide bonds. The Labute approximate surface area is 180 Å². The van der Waals surface area contributed by atoms with Crippen molar-refractivity contribution in [2.75, 3.05) is 19.8 Å². The van der Waals surface area contributed by atoms with E-state index in [2.05, 4.69) is 0 Å². The first-order valence-corrected chi connectivity index (χ1v) is 10.4. The Morgan fingerprint density at radius 2 is 1.74 bits per heavy atom. The predicted octanol–water partition coefficient (Wildman–Crippen LogP) is 3.40. The molecule has 0 aliphatic carbocycles. The van der Waals surface area contributed by atoms with Crippen LogP contribution in [0.15, 0.2) is 42.5 Å². The molecule has 0 N–H and O–H groups in total. The van der Waals surface area contributed by atoms with Crippen molar-refractivity contribution >= 4 is 17.8 Å². The molecule has 2 aromatic carbocycles. The van der Waals surface area contributed by atoms with Crippen molar-refractivity contribution in [3.05, 3.63) is 59.2 Å². The molecule has 0 radical (unpaired) electrons. The van der Waals surface area contributed by atoms with E-state index in [-0.39, 0.29) is 30.6 Å². The molecule has 0 bridgehead atoms. The Morgan fingerprint density at radius 1 is 1.03 bits per heavy atom. The molecule has 0 atom stereocenters.